The average molecular weight is 273 g/mol. The summed E-state index contributed by atoms with van der Waals surface area (Å²) in [4.78, 5) is 7.12. The van der Waals surface area contributed by atoms with Gasteiger partial charge in [0.1, 0.15) is 0 Å². The first-order valence-electron chi connectivity index (χ1n) is 7.47. The molecule has 1 aliphatic rings. The van der Waals surface area contributed by atoms with Gasteiger partial charge in [-0.25, -0.2) is 9.50 Å². The van der Waals surface area contributed by atoms with E-state index in [1.165, 1.54) is 25.9 Å². The van der Waals surface area contributed by atoms with Crippen molar-refractivity contribution >= 4 is 11.3 Å². The number of aromatic nitrogens is 3. The van der Waals surface area contributed by atoms with Gasteiger partial charge in [0.25, 0.3) is 0 Å². The fourth-order valence-electron chi connectivity index (χ4n) is 2.99. The summed E-state index contributed by atoms with van der Waals surface area (Å²) < 4.78 is 1.79. The molecule has 0 atom stereocenters. The van der Waals surface area contributed by atoms with Crippen molar-refractivity contribution in [2.45, 2.75) is 39.2 Å². The van der Waals surface area contributed by atoms with Crippen molar-refractivity contribution in [1.29, 1.82) is 0 Å². The van der Waals surface area contributed by atoms with Crippen molar-refractivity contribution < 1.29 is 0 Å². The number of fused-ring (bicyclic) bond motifs is 1. The maximum Gasteiger partial charge on any atom is 0.178 e. The Morgan fingerprint density at radius 2 is 2.10 bits per heavy atom. The molecular weight excluding hydrogens is 250 g/mol. The maximum absolute atomic E-state index is 5.92. The van der Waals surface area contributed by atoms with Crippen LogP contribution in [-0.4, -0.2) is 38.6 Å². The molecule has 1 aliphatic heterocycles. The van der Waals surface area contributed by atoms with Crippen LogP contribution in [0, 0.1) is 5.92 Å². The average Bonchev–Trinajstić information content (AvgIpc) is 2.83. The van der Waals surface area contributed by atoms with Gasteiger partial charge >= 0.3 is 0 Å². The van der Waals surface area contributed by atoms with Crippen molar-refractivity contribution in [1.82, 2.24) is 19.5 Å². The van der Waals surface area contributed by atoms with E-state index in [2.05, 4.69) is 28.8 Å². The van der Waals surface area contributed by atoms with Crippen molar-refractivity contribution in [3.63, 3.8) is 0 Å². The molecule has 2 aromatic heterocycles. The van der Waals surface area contributed by atoms with Gasteiger partial charge in [-0.3, -0.25) is 0 Å². The van der Waals surface area contributed by atoms with Crippen LogP contribution in [0.15, 0.2) is 18.3 Å². The van der Waals surface area contributed by atoms with Crippen LogP contribution in [0.2, 0.25) is 0 Å². The summed E-state index contributed by atoms with van der Waals surface area (Å²) in [6.07, 6.45) is 5.35. The van der Waals surface area contributed by atoms with Gasteiger partial charge in [0, 0.05) is 18.7 Å². The van der Waals surface area contributed by atoms with Crippen molar-refractivity contribution in [2.24, 2.45) is 5.92 Å². The third-order valence-electron chi connectivity index (χ3n) is 4.29. The lowest BCUT2D eigenvalue weighted by molar-refractivity contribution is 0.148. The van der Waals surface area contributed by atoms with E-state index in [0.29, 0.717) is 17.6 Å². The van der Waals surface area contributed by atoms with E-state index in [0.717, 1.165) is 17.9 Å². The Morgan fingerprint density at radius 1 is 1.35 bits per heavy atom. The van der Waals surface area contributed by atoms with Crippen molar-refractivity contribution in [3.8, 4) is 0 Å². The van der Waals surface area contributed by atoms with E-state index in [1.54, 1.807) is 4.52 Å². The fraction of sp³-hybridized carbons (Fsp3) is 0.600. The number of nitrogens with zero attached hydrogens (tertiary/aromatic N) is 4. The van der Waals surface area contributed by atoms with Gasteiger partial charge in [-0.15, -0.1) is 0 Å². The Labute approximate surface area is 119 Å². The third-order valence-corrected chi connectivity index (χ3v) is 4.29. The molecule has 3 rings (SSSR count). The molecule has 0 amide bonds. The van der Waals surface area contributed by atoms with Crippen LogP contribution >= 0.6 is 0 Å². The standard InChI is InChI=1S/C15H23N5/c1-11(2)19-8-5-12(6-9-19)10-14-17-15-13(16)4-3-7-20(15)18-14/h3-4,7,11-12H,5-6,8-10,16H2,1-2H3. The molecule has 0 aliphatic carbocycles. The minimum absolute atomic E-state index is 0.657. The lowest BCUT2D eigenvalue weighted by atomic mass is 9.93. The molecule has 5 heteroatoms. The van der Waals surface area contributed by atoms with Crippen LogP contribution < -0.4 is 5.73 Å². The molecular formula is C15H23N5. The molecule has 0 radical (unpaired) electrons. The molecule has 1 saturated heterocycles. The van der Waals surface area contributed by atoms with E-state index >= 15 is 0 Å². The number of pyridine rings is 1. The molecule has 5 nitrogen and oxygen atoms in total. The highest BCUT2D eigenvalue weighted by Gasteiger charge is 2.22. The fourth-order valence-corrected chi connectivity index (χ4v) is 2.99. The third kappa shape index (κ3) is 2.63. The summed E-state index contributed by atoms with van der Waals surface area (Å²) in [5, 5.41) is 4.53. The first-order chi connectivity index (χ1) is 9.63. The molecule has 3 heterocycles. The number of piperidine rings is 1. The summed E-state index contributed by atoms with van der Waals surface area (Å²) >= 11 is 0. The molecule has 0 bridgehead atoms. The zero-order chi connectivity index (χ0) is 14.1. The van der Waals surface area contributed by atoms with Gasteiger partial charge in [0.15, 0.2) is 11.5 Å². The van der Waals surface area contributed by atoms with Crippen LogP contribution in [0.3, 0.4) is 0 Å². The zero-order valence-electron chi connectivity index (χ0n) is 12.3. The molecule has 2 aromatic rings. The van der Waals surface area contributed by atoms with Gasteiger partial charge in [0.05, 0.1) is 5.69 Å². The zero-order valence-corrected chi connectivity index (χ0v) is 12.3. The van der Waals surface area contributed by atoms with Gasteiger partial charge in [-0.1, -0.05) is 0 Å². The van der Waals surface area contributed by atoms with E-state index in [1.807, 2.05) is 18.3 Å². The van der Waals surface area contributed by atoms with Crippen LogP contribution in [-0.2, 0) is 6.42 Å². The second-order valence-electron chi connectivity index (χ2n) is 6.04. The number of nitrogens with two attached hydrogens (primary N) is 1. The number of likely N-dealkylation sites (tertiary alicyclic amines) is 1. The highest BCUT2D eigenvalue weighted by atomic mass is 15.3. The van der Waals surface area contributed by atoms with Crippen LogP contribution in [0.4, 0.5) is 5.69 Å². The minimum atomic E-state index is 0.657. The number of anilines is 1. The van der Waals surface area contributed by atoms with Gasteiger partial charge in [0.2, 0.25) is 0 Å². The molecule has 0 saturated carbocycles. The predicted molar refractivity (Wildman–Crippen MR) is 80.5 cm³/mol. The Bertz CT molecular complexity index is 581. The Hall–Kier alpha value is -1.62. The van der Waals surface area contributed by atoms with Crippen LogP contribution in [0.5, 0.6) is 0 Å². The van der Waals surface area contributed by atoms with Gasteiger partial charge < -0.3 is 10.6 Å². The molecule has 1 fully saturated rings. The number of hydrogen-bond acceptors (Lipinski definition) is 4. The van der Waals surface area contributed by atoms with Crippen molar-refractivity contribution in [3.05, 3.63) is 24.2 Å². The lowest BCUT2D eigenvalue weighted by Crippen LogP contribution is -2.38. The van der Waals surface area contributed by atoms with Gasteiger partial charge in [-0.2, -0.15) is 5.10 Å². The van der Waals surface area contributed by atoms with E-state index < -0.39 is 0 Å². The number of nitrogen functional groups attached to an aromatic ring is 1. The molecule has 2 N–H and O–H groups in total. The monoisotopic (exact) mass is 273 g/mol. The predicted octanol–water partition coefficient (Wildman–Crippen LogP) is 1.97. The minimum Gasteiger partial charge on any atom is -0.396 e. The smallest absolute Gasteiger partial charge is 0.178 e. The summed E-state index contributed by atoms with van der Waals surface area (Å²) in [5.41, 5.74) is 7.40. The van der Waals surface area contributed by atoms with E-state index in [9.17, 15) is 0 Å². The number of hydrogen-bond donors (Lipinski definition) is 1. The lowest BCUT2D eigenvalue weighted by Gasteiger charge is -2.34. The topological polar surface area (TPSA) is 59.5 Å². The molecule has 0 unspecified atom stereocenters. The Balaban J connectivity index is 1.67. The van der Waals surface area contributed by atoms with Crippen molar-refractivity contribution in [2.75, 3.05) is 18.8 Å². The highest BCUT2D eigenvalue weighted by molar-refractivity contribution is 5.63. The summed E-state index contributed by atoms with van der Waals surface area (Å²) in [6.45, 7) is 6.93. The van der Waals surface area contributed by atoms with Crippen LogP contribution in [0.1, 0.15) is 32.5 Å². The van der Waals surface area contributed by atoms with E-state index in [4.69, 9.17) is 5.73 Å². The first-order valence-corrected chi connectivity index (χ1v) is 7.47. The molecule has 108 valence electrons. The largest absolute Gasteiger partial charge is 0.396 e. The second kappa shape index (κ2) is 5.40. The van der Waals surface area contributed by atoms with Gasteiger partial charge in [-0.05, 0) is 57.8 Å². The normalized spacial score (nSPS) is 18.1. The molecule has 0 aromatic carbocycles. The molecule has 20 heavy (non-hydrogen) atoms. The Morgan fingerprint density at radius 3 is 2.75 bits per heavy atom. The maximum atomic E-state index is 5.92. The second-order valence-corrected chi connectivity index (χ2v) is 6.04. The molecule has 0 spiro atoms. The number of rotatable bonds is 3. The first kappa shape index (κ1) is 13.4. The highest BCUT2D eigenvalue weighted by Crippen LogP contribution is 2.22. The quantitative estimate of drug-likeness (QED) is 0.929. The summed E-state index contributed by atoms with van der Waals surface area (Å²) in [5.74, 6) is 1.62. The van der Waals surface area contributed by atoms with E-state index in [-0.39, 0.29) is 0 Å². The Kier molecular flexibility index (Phi) is 3.61. The SMILES string of the molecule is CC(C)N1CCC(Cc2nc3c(N)cccn3n2)CC1. The van der Waals surface area contributed by atoms with Crippen LogP contribution in [0.25, 0.3) is 5.65 Å². The summed E-state index contributed by atoms with van der Waals surface area (Å²) in [6, 6.07) is 4.43. The summed E-state index contributed by atoms with van der Waals surface area (Å²) in [7, 11) is 0.